The Morgan fingerprint density at radius 3 is 2.80 bits per heavy atom. The zero-order valence-electron chi connectivity index (χ0n) is 7.95. The SMILES string of the molecule is COC(=O)c1cc(O)c(CCl)cc1C#N. The minimum Gasteiger partial charge on any atom is -0.508 e. The Kier molecular flexibility index (Phi) is 3.53. The number of carbonyl (C=O) groups excluding carboxylic acids is 1. The number of methoxy groups -OCH3 is 1. The fourth-order valence-electron chi connectivity index (χ4n) is 1.11. The molecule has 0 saturated heterocycles. The molecule has 1 rings (SSSR count). The summed E-state index contributed by atoms with van der Waals surface area (Å²) in [7, 11) is 1.20. The molecule has 4 nitrogen and oxygen atoms in total. The molecular formula is C10H8ClNO3. The van der Waals surface area contributed by atoms with Gasteiger partial charge in [-0.2, -0.15) is 5.26 Å². The normalized spacial score (nSPS) is 9.40. The Balaban J connectivity index is 3.35. The van der Waals surface area contributed by atoms with E-state index in [1.165, 1.54) is 19.2 Å². The zero-order valence-corrected chi connectivity index (χ0v) is 8.71. The molecule has 78 valence electrons. The summed E-state index contributed by atoms with van der Waals surface area (Å²) in [5.74, 6) is -0.713. The van der Waals surface area contributed by atoms with Gasteiger partial charge >= 0.3 is 5.97 Å². The molecule has 0 atom stereocenters. The van der Waals surface area contributed by atoms with E-state index in [2.05, 4.69) is 4.74 Å². The lowest BCUT2D eigenvalue weighted by Crippen LogP contribution is -2.04. The van der Waals surface area contributed by atoms with Gasteiger partial charge in [0, 0.05) is 5.56 Å². The molecule has 0 saturated carbocycles. The van der Waals surface area contributed by atoms with Gasteiger partial charge in [0.1, 0.15) is 11.8 Å². The van der Waals surface area contributed by atoms with Crippen molar-refractivity contribution in [3.63, 3.8) is 0 Å². The number of rotatable bonds is 2. The molecule has 5 heteroatoms. The lowest BCUT2D eigenvalue weighted by Gasteiger charge is -2.05. The van der Waals surface area contributed by atoms with Gasteiger partial charge < -0.3 is 9.84 Å². The van der Waals surface area contributed by atoms with Crippen LogP contribution in [-0.4, -0.2) is 18.2 Å². The number of hydrogen-bond acceptors (Lipinski definition) is 4. The van der Waals surface area contributed by atoms with Crippen molar-refractivity contribution in [2.75, 3.05) is 7.11 Å². The van der Waals surface area contributed by atoms with Crippen molar-refractivity contribution < 1.29 is 14.6 Å². The van der Waals surface area contributed by atoms with Crippen molar-refractivity contribution in [2.45, 2.75) is 5.88 Å². The third-order valence-corrected chi connectivity index (χ3v) is 2.18. The van der Waals surface area contributed by atoms with Crippen molar-refractivity contribution >= 4 is 17.6 Å². The molecule has 15 heavy (non-hydrogen) atoms. The molecule has 0 bridgehead atoms. The molecule has 0 aromatic heterocycles. The summed E-state index contributed by atoms with van der Waals surface area (Å²) in [6.07, 6.45) is 0. The molecule has 0 aliphatic rings. The topological polar surface area (TPSA) is 70.3 Å². The van der Waals surface area contributed by atoms with E-state index < -0.39 is 5.97 Å². The number of nitrogens with zero attached hydrogens (tertiary/aromatic N) is 1. The van der Waals surface area contributed by atoms with Crippen LogP contribution in [-0.2, 0) is 10.6 Å². The van der Waals surface area contributed by atoms with Crippen molar-refractivity contribution in [3.05, 3.63) is 28.8 Å². The highest BCUT2D eigenvalue weighted by Crippen LogP contribution is 2.24. The molecule has 0 radical (unpaired) electrons. The third-order valence-electron chi connectivity index (χ3n) is 1.89. The molecule has 0 unspecified atom stereocenters. The first kappa shape index (κ1) is 11.3. The van der Waals surface area contributed by atoms with Crippen LogP contribution in [0, 0.1) is 11.3 Å². The highest BCUT2D eigenvalue weighted by molar-refractivity contribution is 6.17. The number of phenolic OH excluding ortho intramolecular Hbond substituents is 1. The van der Waals surface area contributed by atoms with Gasteiger partial charge in [-0.1, -0.05) is 0 Å². The molecule has 0 fully saturated rings. The van der Waals surface area contributed by atoms with Gasteiger partial charge in [-0.3, -0.25) is 0 Å². The summed E-state index contributed by atoms with van der Waals surface area (Å²) in [6, 6.07) is 4.39. The van der Waals surface area contributed by atoms with Gasteiger partial charge in [-0.15, -0.1) is 11.6 Å². The molecule has 0 aliphatic carbocycles. The number of phenols is 1. The van der Waals surface area contributed by atoms with Crippen LogP contribution in [0.3, 0.4) is 0 Å². The second-order valence-electron chi connectivity index (χ2n) is 2.76. The number of alkyl halides is 1. The van der Waals surface area contributed by atoms with E-state index in [1.54, 1.807) is 0 Å². The Hall–Kier alpha value is -1.73. The molecule has 1 aromatic rings. The summed E-state index contributed by atoms with van der Waals surface area (Å²) in [5.41, 5.74) is 0.572. The van der Waals surface area contributed by atoms with E-state index >= 15 is 0 Å². The third kappa shape index (κ3) is 2.20. The van der Waals surface area contributed by atoms with E-state index in [4.69, 9.17) is 16.9 Å². The molecule has 0 heterocycles. The number of carbonyl (C=O) groups is 1. The fraction of sp³-hybridized carbons (Fsp3) is 0.200. The van der Waals surface area contributed by atoms with Crippen LogP contribution in [0.15, 0.2) is 12.1 Å². The highest BCUT2D eigenvalue weighted by atomic mass is 35.5. The van der Waals surface area contributed by atoms with Gasteiger partial charge in [-0.25, -0.2) is 4.79 Å². The van der Waals surface area contributed by atoms with E-state index in [0.29, 0.717) is 5.56 Å². The van der Waals surface area contributed by atoms with E-state index in [-0.39, 0.29) is 22.8 Å². The van der Waals surface area contributed by atoms with Crippen molar-refractivity contribution in [1.82, 2.24) is 0 Å². The molecule has 1 aromatic carbocycles. The molecule has 0 amide bonds. The van der Waals surface area contributed by atoms with Gasteiger partial charge in [-0.05, 0) is 12.1 Å². The Bertz CT molecular complexity index is 437. The van der Waals surface area contributed by atoms with E-state index in [1.807, 2.05) is 6.07 Å². The second kappa shape index (κ2) is 4.67. The standard InChI is InChI=1S/C10H8ClNO3/c1-15-10(14)8-3-9(13)6(4-11)2-7(8)5-12/h2-3,13H,4H2,1H3. The molecule has 0 aliphatic heterocycles. The highest BCUT2D eigenvalue weighted by Gasteiger charge is 2.15. The molecule has 0 spiro atoms. The quantitative estimate of drug-likeness (QED) is 0.615. The average molecular weight is 226 g/mol. The summed E-state index contributed by atoms with van der Waals surface area (Å²) < 4.78 is 4.47. The summed E-state index contributed by atoms with van der Waals surface area (Å²) in [6.45, 7) is 0. The number of halogens is 1. The summed E-state index contributed by atoms with van der Waals surface area (Å²) >= 11 is 5.54. The average Bonchev–Trinajstić information content (AvgIpc) is 2.27. The number of esters is 1. The second-order valence-corrected chi connectivity index (χ2v) is 3.03. The first-order chi connectivity index (χ1) is 7.13. The largest absolute Gasteiger partial charge is 0.508 e. The predicted molar refractivity (Wildman–Crippen MR) is 53.7 cm³/mol. The van der Waals surface area contributed by atoms with Crippen LogP contribution in [0.2, 0.25) is 0 Å². The van der Waals surface area contributed by atoms with Crippen LogP contribution < -0.4 is 0 Å². The van der Waals surface area contributed by atoms with Gasteiger partial charge in [0.25, 0.3) is 0 Å². The Labute approximate surface area is 91.7 Å². The first-order valence-electron chi connectivity index (χ1n) is 4.04. The summed E-state index contributed by atoms with van der Waals surface area (Å²) in [5, 5.41) is 18.2. The maximum Gasteiger partial charge on any atom is 0.339 e. The maximum atomic E-state index is 11.2. The van der Waals surface area contributed by atoms with Crippen LogP contribution in [0.5, 0.6) is 5.75 Å². The minimum atomic E-state index is -0.664. The number of benzene rings is 1. The van der Waals surface area contributed by atoms with Crippen LogP contribution in [0.4, 0.5) is 0 Å². The van der Waals surface area contributed by atoms with Crippen LogP contribution in [0.1, 0.15) is 21.5 Å². The van der Waals surface area contributed by atoms with Crippen molar-refractivity contribution in [1.29, 1.82) is 5.26 Å². The van der Waals surface area contributed by atoms with Crippen molar-refractivity contribution in [3.8, 4) is 11.8 Å². The number of hydrogen-bond donors (Lipinski definition) is 1. The van der Waals surface area contributed by atoms with Gasteiger partial charge in [0.05, 0.1) is 24.1 Å². The lowest BCUT2D eigenvalue weighted by atomic mass is 10.0. The molecular weight excluding hydrogens is 218 g/mol. The smallest absolute Gasteiger partial charge is 0.339 e. The number of ether oxygens (including phenoxy) is 1. The lowest BCUT2D eigenvalue weighted by molar-refractivity contribution is 0.0600. The minimum absolute atomic E-state index is 0.0337. The van der Waals surface area contributed by atoms with Crippen LogP contribution in [0.25, 0.3) is 0 Å². The fourth-order valence-corrected chi connectivity index (χ4v) is 1.33. The zero-order chi connectivity index (χ0) is 11.4. The number of nitriles is 1. The maximum absolute atomic E-state index is 11.2. The Morgan fingerprint density at radius 1 is 1.67 bits per heavy atom. The van der Waals surface area contributed by atoms with Crippen LogP contribution >= 0.6 is 11.6 Å². The number of aromatic hydroxyl groups is 1. The first-order valence-corrected chi connectivity index (χ1v) is 4.57. The van der Waals surface area contributed by atoms with Gasteiger partial charge in [0.2, 0.25) is 0 Å². The monoisotopic (exact) mass is 225 g/mol. The molecule has 1 N–H and O–H groups in total. The summed E-state index contributed by atoms with van der Waals surface area (Å²) in [4.78, 5) is 11.2. The van der Waals surface area contributed by atoms with E-state index in [9.17, 15) is 9.90 Å². The predicted octanol–water partition coefficient (Wildman–Crippen LogP) is 1.79. The van der Waals surface area contributed by atoms with Gasteiger partial charge in [0.15, 0.2) is 0 Å². The van der Waals surface area contributed by atoms with Crippen molar-refractivity contribution in [2.24, 2.45) is 0 Å². The Morgan fingerprint density at radius 2 is 2.33 bits per heavy atom. The van der Waals surface area contributed by atoms with E-state index in [0.717, 1.165) is 0 Å².